The Balaban J connectivity index is 0.720. The molecule has 2 aliphatic carbocycles. The van der Waals surface area contributed by atoms with Gasteiger partial charge in [-0.05, 0) is 137 Å². The molecule has 0 aromatic heterocycles. The van der Waals surface area contributed by atoms with E-state index in [9.17, 15) is 4.79 Å². The summed E-state index contributed by atoms with van der Waals surface area (Å²) in [7, 11) is 0. The monoisotopic (exact) mass is 566 g/mol. The van der Waals surface area contributed by atoms with E-state index in [1.54, 1.807) is 22.3 Å². The number of fused-ring (bicyclic) bond motifs is 10. The van der Waals surface area contributed by atoms with Gasteiger partial charge in [-0.2, -0.15) is 0 Å². The molecule has 2 saturated heterocycles. The van der Waals surface area contributed by atoms with E-state index >= 15 is 0 Å². The molecular formula is C37H50N4O. The minimum absolute atomic E-state index is 0.0831. The summed E-state index contributed by atoms with van der Waals surface area (Å²) in [6.45, 7) is 2.48. The zero-order chi connectivity index (χ0) is 28.0. The molecule has 4 unspecified atom stereocenters. The van der Waals surface area contributed by atoms with Crippen molar-refractivity contribution < 1.29 is 4.79 Å². The first kappa shape index (κ1) is 27.2. The molecule has 2 amide bonds. The van der Waals surface area contributed by atoms with Gasteiger partial charge in [0.25, 0.3) is 0 Å². The van der Waals surface area contributed by atoms with Crippen LogP contribution in [0.3, 0.4) is 0 Å². The van der Waals surface area contributed by atoms with Crippen LogP contribution in [0.2, 0.25) is 0 Å². The Bertz CT molecular complexity index is 1100. The van der Waals surface area contributed by atoms with E-state index in [-0.39, 0.29) is 6.03 Å². The first-order valence-electron chi connectivity index (χ1n) is 17.5. The average Bonchev–Trinajstić information content (AvgIpc) is 3.79. The Morgan fingerprint density at radius 2 is 0.857 bits per heavy atom. The van der Waals surface area contributed by atoms with Crippen molar-refractivity contribution in [2.45, 2.75) is 126 Å². The number of amides is 2. The second-order valence-corrected chi connectivity index (χ2v) is 14.6. The number of nitrogens with zero attached hydrogens (tertiary/aromatic N) is 2. The zero-order valence-corrected chi connectivity index (χ0v) is 25.4. The first-order chi connectivity index (χ1) is 20.7. The highest BCUT2D eigenvalue weighted by molar-refractivity contribution is 5.74. The Labute approximate surface area is 252 Å². The van der Waals surface area contributed by atoms with Crippen molar-refractivity contribution in [3.63, 3.8) is 0 Å². The third-order valence-corrected chi connectivity index (χ3v) is 12.4. The quantitative estimate of drug-likeness (QED) is 0.341. The molecule has 5 nitrogen and oxygen atoms in total. The predicted octanol–water partition coefficient (Wildman–Crippen LogP) is 7.97. The summed E-state index contributed by atoms with van der Waals surface area (Å²) in [6, 6.07) is 21.7. The van der Waals surface area contributed by atoms with Crippen LogP contribution in [0.25, 0.3) is 0 Å². The van der Waals surface area contributed by atoms with Gasteiger partial charge in [0.15, 0.2) is 0 Å². The number of urea groups is 1. The second kappa shape index (κ2) is 11.6. The average molecular weight is 567 g/mol. The minimum atomic E-state index is 0.0831. The lowest BCUT2D eigenvalue weighted by atomic mass is 9.83. The fraction of sp³-hybridized carbons (Fsp3) is 0.649. The van der Waals surface area contributed by atoms with Crippen molar-refractivity contribution in [1.29, 1.82) is 0 Å². The molecule has 8 rings (SSSR count). The number of rotatable bonds is 8. The number of hydrogen-bond acceptors (Lipinski definition) is 3. The van der Waals surface area contributed by atoms with Gasteiger partial charge in [-0.25, -0.2) is 4.79 Å². The number of hydrogen-bond donors (Lipinski definition) is 2. The Morgan fingerprint density at radius 3 is 1.19 bits per heavy atom. The molecule has 42 heavy (non-hydrogen) atoms. The molecule has 0 spiro atoms. The SMILES string of the molecule is O=C(NC1CCC(CCN2C3CCC2c2ccccc23)CC1)NC1CCC(CCN2C3CCC2c2ccccc23)CC1. The first-order valence-corrected chi connectivity index (χ1v) is 17.5. The van der Waals surface area contributed by atoms with Gasteiger partial charge in [-0.3, -0.25) is 9.80 Å². The molecule has 6 aliphatic rings. The molecule has 2 saturated carbocycles. The molecule has 4 heterocycles. The van der Waals surface area contributed by atoms with Crippen molar-refractivity contribution >= 4 is 6.03 Å². The summed E-state index contributed by atoms with van der Waals surface area (Å²) in [5.74, 6) is 1.63. The largest absolute Gasteiger partial charge is 0.335 e. The van der Waals surface area contributed by atoms with Crippen LogP contribution in [0.5, 0.6) is 0 Å². The number of benzene rings is 2. The zero-order valence-electron chi connectivity index (χ0n) is 25.4. The van der Waals surface area contributed by atoms with Crippen molar-refractivity contribution in [2.24, 2.45) is 11.8 Å². The van der Waals surface area contributed by atoms with Gasteiger partial charge in [0.05, 0.1) is 0 Å². The van der Waals surface area contributed by atoms with Gasteiger partial charge in [0.1, 0.15) is 0 Å². The van der Waals surface area contributed by atoms with Crippen LogP contribution in [0.4, 0.5) is 4.79 Å². The van der Waals surface area contributed by atoms with Crippen LogP contribution >= 0.6 is 0 Å². The van der Waals surface area contributed by atoms with Crippen LogP contribution < -0.4 is 10.6 Å². The van der Waals surface area contributed by atoms with Crippen LogP contribution in [0.15, 0.2) is 48.5 Å². The molecule has 4 fully saturated rings. The fourth-order valence-electron chi connectivity index (χ4n) is 10.2. The molecule has 4 aliphatic heterocycles. The third-order valence-electron chi connectivity index (χ3n) is 12.4. The highest BCUT2D eigenvalue weighted by Crippen LogP contribution is 2.54. The Morgan fingerprint density at radius 1 is 0.524 bits per heavy atom. The topological polar surface area (TPSA) is 47.6 Å². The molecule has 2 N–H and O–H groups in total. The lowest BCUT2D eigenvalue weighted by molar-refractivity contribution is 0.180. The summed E-state index contributed by atoms with van der Waals surface area (Å²) in [6.07, 6.45) is 17.6. The maximum atomic E-state index is 12.9. The summed E-state index contributed by atoms with van der Waals surface area (Å²) in [5.41, 5.74) is 6.39. The lowest BCUT2D eigenvalue weighted by Crippen LogP contribution is -2.48. The van der Waals surface area contributed by atoms with Gasteiger partial charge < -0.3 is 10.6 Å². The maximum Gasteiger partial charge on any atom is 0.315 e. The highest BCUT2D eigenvalue weighted by Gasteiger charge is 2.44. The normalized spacial score (nSPS) is 35.2. The summed E-state index contributed by atoms with van der Waals surface area (Å²) in [4.78, 5) is 18.5. The summed E-state index contributed by atoms with van der Waals surface area (Å²) < 4.78 is 0. The van der Waals surface area contributed by atoms with E-state index in [0.717, 1.165) is 37.5 Å². The van der Waals surface area contributed by atoms with E-state index in [0.29, 0.717) is 36.3 Å². The number of carbonyl (C=O) groups excluding carboxylic acids is 1. The standard InChI is InChI=1S/C37H50N4O/c42-37(38-27-13-9-25(10-14-27)21-23-40-33-17-18-34(40)30-6-2-1-5-29(30)33)39-28-15-11-26(12-16-28)22-24-41-35-19-20-36(41)32-8-4-3-7-31(32)35/h1-8,25-28,33-36H,9-24H2,(H2,38,39,42). The van der Waals surface area contributed by atoms with Crippen molar-refractivity contribution in [3.05, 3.63) is 70.8 Å². The minimum Gasteiger partial charge on any atom is -0.335 e. The van der Waals surface area contributed by atoms with Gasteiger partial charge >= 0.3 is 6.03 Å². The highest BCUT2D eigenvalue weighted by atomic mass is 16.2. The molecular weight excluding hydrogens is 516 g/mol. The molecule has 5 heteroatoms. The maximum absolute atomic E-state index is 12.9. The molecule has 4 bridgehead atoms. The van der Waals surface area contributed by atoms with E-state index in [1.165, 1.54) is 77.3 Å². The lowest BCUT2D eigenvalue weighted by Gasteiger charge is -2.33. The molecule has 0 radical (unpaired) electrons. The van der Waals surface area contributed by atoms with Crippen LogP contribution in [0.1, 0.15) is 136 Å². The van der Waals surface area contributed by atoms with Crippen LogP contribution in [-0.2, 0) is 0 Å². The smallest absolute Gasteiger partial charge is 0.315 e. The van der Waals surface area contributed by atoms with E-state index in [2.05, 4.69) is 69.0 Å². The summed E-state index contributed by atoms with van der Waals surface area (Å²) in [5, 5.41) is 6.70. The fourth-order valence-corrected chi connectivity index (χ4v) is 10.2. The van der Waals surface area contributed by atoms with E-state index < -0.39 is 0 Å². The summed E-state index contributed by atoms with van der Waals surface area (Å²) >= 11 is 0. The van der Waals surface area contributed by atoms with Crippen molar-refractivity contribution in [2.75, 3.05) is 13.1 Å². The molecule has 224 valence electrons. The van der Waals surface area contributed by atoms with Crippen molar-refractivity contribution in [3.8, 4) is 0 Å². The predicted molar refractivity (Wildman–Crippen MR) is 168 cm³/mol. The van der Waals surface area contributed by atoms with Crippen LogP contribution in [-0.4, -0.2) is 41.0 Å². The molecule has 2 aromatic rings. The Kier molecular flexibility index (Phi) is 7.52. The van der Waals surface area contributed by atoms with Crippen LogP contribution in [0, 0.1) is 11.8 Å². The van der Waals surface area contributed by atoms with Gasteiger partial charge in [0.2, 0.25) is 0 Å². The van der Waals surface area contributed by atoms with E-state index in [4.69, 9.17) is 0 Å². The van der Waals surface area contributed by atoms with E-state index in [1.807, 2.05) is 0 Å². The van der Waals surface area contributed by atoms with Gasteiger partial charge in [-0.1, -0.05) is 48.5 Å². The number of nitrogens with one attached hydrogen (secondary N) is 2. The Hall–Kier alpha value is -2.37. The third kappa shape index (κ3) is 5.09. The molecule has 2 aromatic carbocycles. The van der Waals surface area contributed by atoms with Crippen molar-refractivity contribution in [1.82, 2.24) is 20.4 Å². The van der Waals surface area contributed by atoms with Gasteiger partial charge in [-0.15, -0.1) is 0 Å². The molecule has 4 atom stereocenters. The van der Waals surface area contributed by atoms with Gasteiger partial charge in [0, 0.05) is 36.3 Å². The second-order valence-electron chi connectivity index (χ2n) is 14.6. The number of carbonyl (C=O) groups is 1.